The van der Waals surface area contributed by atoms with Crippen molar-refractivity contribution in [2.75, 3.05) is 22.9 Å². The minimum atomic E-state index is -3.51. The number of hydrogen-bond acceptors (Lipinski definition) is 6. The second-order valence-electron chi connectivity index (χ2n) is 9.54. The Morgan fingerprint density at radius 2 is 1.94 bits per heavy atom. The van der Waals surface area contributed by atoms with Crippen LogP contribution in [0, 0.1) is 5.92 Å². The van der Waals surface area contributed by atoms with Crippen molar-refractivity contribution in [2.45, 2.75) is 44.4 Å². The number of aromatic amines is 1. The molecule has 3 aromatic rings. The van der Waals surface area contributed by atoms with Gasteiger partial charge in [0.25, 0.3) is 5.56 Å². The first-order valence-electron chi connectivity index (χ1n) is 11.6. The molecule has 2 heterocycles. The van der Waals surface area contributed by atoms with Gasteiger partial charge in [-0.25, -0.2) is 13.4 Å². The number of pyridine rings is 1. The van der Waals surface area contributed by atoms with Crippen molar-refractivity contribution in [1.29, 1.82) is 0 Å². The van der Waals surface area contributed by atoms with Crippen LogP contribution >= 0.6 is 0 Å². The highest BCUT2D eigenvalue weighted by Gasteiger charge is 2.30. The van der Waals surface area contributed by atoms with Crippen LogP contribution in [0.25, 0.3) is 11.0 Å². The van der Waals surface area contributed by atoms with Crippen molar-refractivity contribution in [2.24, 2.45) is 13.0 Å². The molecule has 2 aliphatic carbocycles. The lowest BCUT2D eigenvalue weighted by molar-refractivity contribution is -0.119. The molecule has 2 saturated carbocycles. The van der Waals surface area contributed by atoms with Crippen LogP contribution in [-0.4, -0.2) is 42.3 Å². The first-order valence-corrected chi connectivity index (χ1v) is 13.4. The van der Waals surface area contributed by atoms with E-state index in [2.05, 4.69) is 15.4 Å². The van der Waals surface area contributed by atoms with E-state index >= 15 is 0 Å². The summed E-state index contributed by atoms with van der Waals surface area (Å²) < 4.78 is 27.4. The highest BCUT2D eigenvalue weighted by atomic mass is 32.2. The van der Waals surface area contributed by atoms with Gasteiger partial charge in [0.1, 0.15) is 11.2 Å². The van der Waals surface area contributed by atoms with E-state index in [-0.39, 0.29) is 23.7 Å². The van der Waals surface area contributed by atoms with Crippen molar-refractivity contribution in [3.8, 4) is 0 Å². The standard InChI is InChI=1S/C24H29N5O4S/c1-28-24(31)22-19(12-17(25-23(22)27-28)13-21(30)15-7-8-15)26-18-10-9-16(14-5-4-6-14)11-20(18)29(2)34(3,32)33/h9-12,14-15H,4-8,13H2,1-3H3,(H2,25,26,27). The first-order chi connectivity index (χ1) is 16.1. The number of hydrogen-bond donors (Lipinski definition) is 2. The number of rotatable bonds is 8. The van der Waals surface area contributed by atoms with Crippen LogP contribution in [0.3, 0.4) is 0 Å². The molecule has 2 fully saturated rings. The number of carbonyl (C=O) groups is 1. The highest BCUT2D eigenvalue weighted by Crippen LogP contribution is 2.41. The molecule has 0 radical (unpaired) electrons. The molecule has 0 aliphatic heterocycles. The maximum atomic E-state index is 12.8. The Morgan fingerprint density at radius 1 is 1.21 bits per heavy atom. The van der Waals surface area contributed by atoms with E-state index in [0.717, 1.165) is 31.2 Å². The number of sulfonamides is 1. The number of Topliss-reactive ketones (excluding diaryl/α,β-unsaturated/α-hetero) is 1. The Labute approximate surface area is 198 Å². The molecule has 0 saturated heterocycles. The monoisotopic (exact) mass is 483 g/mol. The largest absolute Gasteiger partial charge is 0.353 e. The van der Waals surface area contributed by atoms with E-state index < -0.39 is 10.0 Å². The summed E-state index contributed by atoms with van der Waals surface area (Å²) in [5.74, 6) is 0.696. The summed E-state index contributed by atoms with van der Waals surface area (Å²) in [6.07, 6.45) is 6.57. The van der Waals surface area contributed by atoms with Gasteiger partial charge in [-0.1, -0.05) is 12.5 Å². The number of aryl methyl sites for hydroxylation is 1. The number of carbonyl (C=O) groups excluding carboxylic acids is 1. The molecule has 0 spiro atoms. The number of benzene rings is 1. The number of nitrogens with one attached hydrogen (secondary N) is 2. The van der Waals surface area contributed by atoms with Crippen molar-refractivity contribution in [3.63, 3.8) is 0 Å². The van der Waals surface area contributed by atoms with Crippen LogP contribution in [0.4, 0.5) is 17.1 Å². The van der Waals surface area contributed by atoms with E-state index in [0.29, 0.717) is 39.7 Å². The summed E-state index contributed by atoms with van der Waals surface area (Å²) in [6, 6.07) is 7.51. The third kappa shape index (κ3) is 4.22. The molecule has 34 heavy (non-hydrogen) atoms. The molecule has 2 aliphatic rings. The van der Waals surface area contributed by atoms with Crippen molar-refractivity contribution in [1.82, 2.24) is 14.8 Å². The molecular formula is C24H29N5O4S. The third-order valence-electron chi connectivity index (χ3n) is 6.96. The van der Waals surface area contributed by atoms with Gasteiger partial charge in [0.2, 0.25) is 10.0 Å². The number of anilines is 3. The lowest BCUT2D eigenvalue weighted by Crippen LogP contribution is -2.26. The molecule has 0 amide bonds. The predicted molar refractivity (Wildman–Crippen MR) is 132 cm³/mol. The fraction of sp³-hybridized carbons (Fsp3) is 0.458. The summed E-state index contributed by atoms with van der Waals surface area (Å²) in [6.45, 7) is 0. The van der Waals surface area contributed by atoms with Gasteiger partial charge >= 0.3 is 0 Å². The van der Waals surface area contributed by atoms with Crippen molar-refractivity contribution in [3.05, 3.63) is 45.9 Å². The van der Waals surface area contributed by atoms with Crippen LogP contribution < -0.4 is 15.2 Å². The molecule has 0 atom stereocenters. The maximum Gasteiger partial charge on any atom is 0.277 e. The average Bonchev–Trinajstić information content (AvgIpc) is 3.53. The number of nitrogens with zero attached hydrogens (tertiary/aromatic N) is 3. The van der Waals surface area contributed by atoms with Gasteiger partial charge in [0, 0.05) is 26.4 Å². The quantitative estimate of drug-likeness (QED) is 0.508. The van der Waals surface area contributed by atoms with Crippen molar-refractivity contribution < 1.29 is 13.2 Å². The second-order valence-corrected chi connectivity index (χ2v) is 11.6. The van der Waals surface area contributed by atoms with Crippen LogP contribution in [0.1, 0.15) is 49.3 Å². The number of H-pyrrole nitrogens is 1. The van der Waals surface area contributed by atoms with Gasteiger partial charge in [0.05, 0.1) is 29.0 Å². The zero-order chi connectivity index (χ0) is 24.2. The second kappa shape index (κ2) is 8.26. The van der Waals surface area contributed by atoms with E-state index in [4.69, 9.17) is 0 Å². The third-order valence-corrected chi connectivity index (χ3v) is 8.15. The van der Waals surface area contributed by atoms with Gasteiger partial charge in [-0.05, 0) is 55.4 Å². The van der Waals surface area contributed by atoms with E-state index in [1.165, 1.54) is 28.7 Å². The zero-order valence-corrected chi connectivity index (χ0v) is 20.4. The van der Waals surface area contributed by atoms with Crippen LogP contribution in [-0.2, 0) is 28.3 Å². The van der Waals surface area contributed by atoms with E-state index in [9.17, 15) is 18.0 Å². The Morgan fingerprint density at radius 3 is 2.56 bits per heavy atom. The molecule has 9 nitrogen and oxygen atoms in total. The summed E-state index contributed by atoms with van der Waals surface area (Å²) >= 11 is 0. The van der Waals surface area contributed by atoms with Crippen LogP contribution in [0.5, 0.6) is 0 Å². The van der Waals surface area contributed by atoms with Gasteiger partial charge < -0.3 is 5.32 Å². The van der Waals surface area contributed by atoms with E-state index in [1.54, 1.807) is 13.1 Å². The molecular weight excluding hydrogens is 454 g/mol. The molecule has 5 rings (SSSR count). The first kappa shape index (κ1) is 22.6. The molecule has 180 valence electrons. The Balaban J connectivity index is 1.60. The molecule has 2 aromatic heterocycles. The highest BCUT2D eigenvalue weighted by molar-refractivity contribution is 7.92. The van der Waals surface area contributed by atoms with Gasteiger partial charge in [-0.2, -0.15) is 0 Å². The van der Waals surface area contributed by atoms with Crippen LogP contribution in [0.15, 0.2) is 29.1 Å². The lowest BCUT2D eigenvalue weighted by atomic mass is 9.80. The zero-order valence-electron chi connectivity index (χ0n) is 19.6. The smallest absolute Gasteiger partial charge is 0.277 e. The number of ketones is 1. The normalized spacial score (nSPS) is 16.4. The summed E-state index contributed by atoms with van der Waals surface area (Å²) in [7, 11) is -0.375. The maximum absolute atomic E-state index is 12.8. The van der Waals surface area contributed by atoms with Crippen molar-refractivity contribution >= 4 is 43.9 Å². The summed E-state index contributed by atoms with van der Waals surface area (Å²) in [5.41, 5.74) is 3.37. The molecule has 2 N–H and O–H groups in total. The molecule has 1 aromatic carbocycles. The topological polar surface area (TPSA) is 117 Å². The summed E-state index contributed by atoms with van der Waals surface area (Å²) in [4.78, 5) is 29.8. The Kier molecular flexibility index (Phi) is 5.50. The van der Waals surface area contributed by atoms with Gasteiger partial charge in [-0.3, -0.25) is 23.7 Å². The fourth-order valence-corrected chi connectivity index (χ4v) is 4.93. The predicted octanol–water partition coefficient (Wildman–Crippen LogP) is 3.19. The number of fused-ring (bicyclic) bond motifs is 1. The molecule has 10 heteroatoms. The van der Waals surface area contributed by atoms with Crippen LogP contribution in [0.2, 0.25) is 0 Å². The SMILES string of the molecule is CN(c1cc(C2CCC2)ccc1Nc1cc(CC(=O)C2CC2)nc2[nH]n(C)c(=O)c12)S(C)(=O)=O. The lowest BCUT2D eigenvalue weighted by Gasteiger charge is -2.28. The number of aromatic nitrogens is 3. The summed E-state index contributed by atoms with van der Waals surface area (Å²) in [5, 5.41) is 6.60. The van der Waals surface area contributed by atoms with E-state index in [1.807, 2.05) is 18.2 Å². The minimum Gasteiger partial charge on any atom is -0.353 e. The Bertz CT molecular complexity index is 1450. The average molecular weight is 484 g/mol. The molecule has 0 bridgehead atoms. The Hall–Kier alpha value is -3.14. The van der Waals surface area contributed by atoms with Gasteiger partial charge in [0.15, 0.2) is 5.65 Å². The molecule has 0 unspecified atom stereocenters. The minimum absolute atomic E-state index is 0.109. The van der Waals surface area contributed by atoms with Gasteiger partial charge in [-0.15, -0.1) is 0 Å². The fourth-order valence-electron chi connectivity index (χ4n) is 4.42.